The Morgan fingerprint density at radius 3 is 1.02 bits per heavy atom. The fraction of sp³-hybridized carbons (Fsp3) is 0.463. The van der Waals surface area contributed by atoms with Gasteiger partial charge in [-0.05, 0) is 148 Å². The van der Waals surface area contributed by atoms with E-state index < -0.39 is 49.6 Å². The summed E-state index contributed by atoms with van der Waals surface area (Å²) in [7, 11) is -3.27. The largest absolute Gasteiger partial charge is 0.416 e. The van der Waals surface area contributed by atoms with Crippen LogP contribution in [0.15, 0.2) is 112 Å². The summed E-state index contributed by atoms with van der Waals surface area (Å²) in [5.41, 5.74) is 6.90. The Balaban J connectivity index is 0.000000494. The van der Waals surface area contributed by atoms with Gasteiger partial charge in [0, 0.05) is 25.8 Å². The molecule has 0 radical (unpaired) electrons. The highest BCUT2D eigenvalue weighted by molar-refractivity contribution is 9.10. The summed E-state index contributed by atoms with van der Waals surface area (Å²) >= 11 is 21.3. The molecule has 6 aromatic carbocycles. The molecule has 0 atom stereocenters. The predicted octanol–water partition coefficient (Wildman–Crippen LogP) is 23.6. The van der Waals surface area contributed by atoms with Gasteiger partial charge in [0.1, 0.15) is 11.6 Å². The van der Waals surface area contributed by atoms with Crippen molar-refractivity contribution in [2.45, 2.75) is 202 Å². The third-order valence-corrected chi connectivity index (χ3v) is 15.1. The van der Waals surface area contributed by atoms with Gasteiger partial charge >= 0.3 is 12.4 Å². The zero-order valence-corrected chi connectivity index (χ0v) is 56.7. The van der Waals surface area contributed by atoms with Crippen molar-refractivity contribution in [1.82, 2.24) is 0 Å². The van der Waals surface area contributed by atoms with Gasteiger partial charge in [-0.1, -0.05) is 246 Å². The highest BCUT2D eigenvalue weighted by Crippen LogP contribution is 2.41. The maximum atomic E-state index is 13.5. The Hall–Kier alpha value is -3.94. The van der Waals surface area contributed by atoms with Crippen LogP contribution in [0, 0.1) is 39.3 Å². The summed E-state index contributed by atoms with van der Waals surface area (Å²) in [6.45, 7) is 43.7. The average molecular weight is 1290 g/mol. The SMILES string of the molecule is CC(C)(C)c1c(Cl)cc(C(F)(F)F)cc1Cl.CC(C)(C)c1cc(S(C)(=O)=O)ccc1F.Cc1ccc(Br)c(C(C)(C)C)c1.Cc1ccc(C(F)(F)F)c(C(C)(C)C)c1.Cc1ccc(Cl)c(C(C)(C)C)c1.Cc1ccc(F)c(C(C)(C)C)c1. The molecule has 0 bridgehead atoms. The van der Waals surface area contributed by atoms with Crippen molar-refractivity contribution in [3.8, 4) is 0 Å². The van der Waals surface area contributed by atoms with Crippen molar-refractivity contribution in [2.75, 3.05) is 6.26 Å². The molecule has 0 unspecified atom stereocenters. The monoisotopic (exact) mass is 1290 g/mol. The number of benzene rings is 6. The van der Waals surface area contributed by atoms with Crippen LogP contribution in [0.1, 0.15) is 191 Å². The molecule has 0 saturated carbocycles. The van der Waals surface area contributed by atoms with Gasteiger partial charge in [0.05, 0.1) is 16.0 Å². The van der Waals surface area contributed by atoms with Crippen molar-refractivity contribution in [3.05, 3.63) is 201 Å². The Labute approximate surface area is 510 Å². The molecule has 0 spiro atoms. The molecule has 0 amide bonds. The minimum Gasteiger partial charge on any atom is -0.224 e. The summed E-state index contributed by atoms with van der Waals surface area (Å²) in [6.07, 6.45) is -7.58. The summed E-state index contributed by atoms with van der Waals surface area (Å²) in [5.74, 6) is -0.469. The second-order valence-electron chi connectivity index (χ2n) is 26.7. The van der Waals surface area contributed by atoms with Gasteiger partial charge < -0.3 is 0 Å². The van der Waals surface area contributed by atoms with E-state index in [-0.39, 0.29) is 42.8 Å². The maximum Gasteiger partial charge on any atom is 0.416 e. The quantitative estimate of drug-likeness (QED) is 0.121. The van der Waals surface area contributed by atoms with Crippen LogP contribution >= 0.6 is 50.7 Å². The molecule has 0 aliphatic carbocycles. The van der Waals surface area contributed by atoms with Gasteiger partial charge in [0.2, 0.25) is 0 Å². The second-order valence-corrected chi connectivity index (χ2v) is 30.8. The number of alkyl halides is 6. The highest BCUT2D eigenvalue weighted by Gasteiger charge is 2.36. The van der Waals surface area contributed by atoms with Gasteiger partial charge in [-0.15, -0.1) is 0 Å². The van der Waals surface area contributed by atoms with Crippen LogP contribution in [-0.2, 0) is 54.7 Å². The first-order valence-electron chi connectivity index (χ1n) is 26.6. The topological polar surface area (TPSA) is 34.1 Å². The van der Waals surface area contributed by atoms with Crippen LogP contribution in [0.2, 0.25) is 15.1 Å². The molecular weight excluding hydrogens is 1210 g/mol. The lowest BCUT2D eigenvalue weighted by atomic mass is 9.83. The van der Waals surface area contributed by atoms with E-state index in [9.17, 15) is 43.5 Å². The standard InChI is InChI=1S/C12H15F3.C11H15Br.C11H11Cl2F3.C11H15Cl.C11H15FO2S.C11H15F/c1-8-5-6-9(12(13,14)15)10(7-8)11(2,3)4;1-8-5-6-10(12)9(7-8)11(2,3)4;1-10(2,3)9-7(12)4-6(5-8(9)13)11(14,15)16;1-8-5-6-10(12)9(7-8)11(2,3)4;1-11(2,3)9-7-8(15(4,13)14)5-6-10(9)12;1-8-5-6-10(12)9(7-8)11(2,3)4/h5-7H,1-4H3;5-7H,1-4H3;4-5H,1-3H3;5-7H,1-4H3;5-7H,1-4H3;5-7H,1-4H3. The van der Waals surface area contributed by atoms with E-state index in [2.05, 4.69) is 95.6 Å². The van der Waals surface area contributed by atoms with Crippen molar-refractivity contribution in [3.63, 3.8) is 0 Å². The minimum atomic E-state index is -4.43. The van der Waals surface area contributed by atoms with Crippen LogP contribution in [0.5, 0.6) is 0 Å². The van der Waals surface area contributed by atoms with Gasteiger partial charge in [-0.3, -0.25) is 0 Å². The zero-order chi connectivity index (χ0) is 64.5. The van der Waals surface area contributed by atoms with Crippen LogP contribution in [0.3, 0.4) is 0 Å². The Kier molecular flexibility index (Phi) is 26.9. The zero-order valence-electron chi connectivity index (χ0n) is 52.1. The Morgan fingerprint density at radius 1 is 0.366 bits per heavy atom. The van der Waals surface area contributed by atoms with E-state index in [4.69, 9.17) is 34.8 Å². The molecule has 456 valence electrons. The minimum absolute atomic E-state index is 0.0484. The van der Waals surface area contributed by atoms with E-state index >= 15 is 0 Å². The number of hydrogen-bond acceptors (Lipinski definition) is 2. The van der Waals surface area contributed by atoms with Crippen LogP contribution in [0.25, 0.3) is 0 Å². The fourth-order valence-corrected chi connectivity index (χ4v) is 10.9. The molecule has 0 aliphatic heterocycles. The van der Waals surface area contributed by atoms with Gasteiger partial charge in [-0.2, -0.15) is 26.3 Å². The average Bonchev–Trinajstić information content (AvgIpc) is 3.26. The molecule has 2 nitrogen and oxygen atoms in total. The molecule has 15 heteroatoms. The third-order valence-electron chi connectivity index (χ3n) is 12.4. The van der Waals surface area contributed by atoms with E-state index in [1.54, 1.807) is 39.8 Å². The molecule has 0 fully saturated rings. The van der Waals surface area contributed by atoms with Crippen molar-refractivity contribution in [2.24, 2.45) is 0 Å². The van der Waals surface area contributed by atoms with Gasteiger partial charge in [-0.25, -0.2) is 17.2 Å². The summed E-state index contributed by atoms with van der Waals surface area (Å²) in [4.78, 5) is 0.161. The van der Waals surface area contributed by atoms with Crippen molar-refractivity contribution >= 4 is 60.6 Å². The first-order chi connectivity index (χ1) is 36.5. The van der Waals surface area contributed by atoms with E-state index in [0.717, 1.165) is 46.2 Å². The lowest BCUT2D eigenvalue weighted by Gasteiger charge is -2.24. The van der Waals surface area contributed by atoms with Crippen molar-refractivity contribution in [1.29, 1.82) is 0 Å². The lowest BCUT2D eigenvalue weighted by Crippen LogP contribution is -2.19. The fourth-order valence-electron chi connectivity index (χ4n) is 7.93. The van der Waals surface area contributed by atoms with Crippen LogP contribution in [-0.4, -0.2) is 14.7 Å². The summed E-state index contributed by atoms with van der Waals surface area (Å²) < 4.78 is 126. The van der Waals surface area contributed by atoms with E-state index in [0.29, 0.717) is 16.7 Å². The molecule has 0 heterocycles. The number of halogens is 12. The van der Waals surface area contributed by atoms with Gasteiger partial charge in [0.25, 0.3) is 0 Å². The second kappa shape index (κ2) is 29.0. The molecule has 6 rings (SSSR count). The maximum absolute atomic E-state index is 13.5. The molecule has 82 heavy (non-hydrogen) atoms. The normalized spacial score (nSPS) is 12.4. The van der Waals surface area contributed by atoms with E-state index in [1.165, 1.54) is 57.1 Å². The summed E-state index contributed by atoms with van der Waals surface area (Å²) in [5, 5.41) is 0.966. The van der Waals surface area contributed by atoms with Crippen LogP contribution < -0.4 is 0 Å². The molecule has 0 aliphatic rings. The Bertz CT molecular complexity index is 3030. The number of sulfone groups is 1. The first-order valence-corrected chi connectivity index (χ1v) is 30.4. The highest BCUT2D eigenvalue weighted by atomic mass is 79.9. The molecule has 0 N–H and O–H groups in total. The number of aryl methyl sites for hydroxylation is 4. The van der Waals surface area contributed by atoms with E-state index in [1.807, 2.05) is 87.4 Å². The van der Waals surface area contributed by atoms with Crippen molar-refractivity contribution < 1.29 is 43.5 Å². The van der Waals surface area contributed by atoms with Gasteiger partial charge in [0.15, 0.2) is 9.84 Å². The number of rotatable bonds is 1. The predicted molar refractivity (Wildman–Crippen MR) is 336 cm³/mol. The summed E-state index contributed by atoms with van der Waals surface area (Å²) in [6, 6.07) is 27.9. The lowest BCUT2D eigenvalue weighted by molar-refractivity contribution is -0.139. The molecule has 0 aromatic heterocycles. The first kappa shape index (κ1) is 76.1. The smallest absolute Gasteiger partial charge is 0.224 e. The molecule has 0 saturated heterocycles. The Morgan fingerprint density at radius 2 is 0.695 bits per heavy atom. The van der Waals surface area contributed by atoms with Crippen LogP contribution in [0.4, 0.5) is 35.1 Å². The number of hydrogen-bond donors (Lipinski definition) is 0. The molecule has 6 aromatic rings. The molecular formula is C67H86BrCl3F8O2S. The third kappa shape index (κ3) is 24.9.